The Bertz CT molecular complexity index is 293. The van der Waals surface area contributed by atoms with E-state index in [0.29, 0.717) is 11.8 Å². The smallest absolute Gasteiger partial charge is 0.115 e. The first-order chi connectivity index (χ1) is 7.65. The number of benzene rings is 1. The van der Waals surface area contributed by atoms with Crippen molar-refractivity contribution in [2.75, 3.05) is 6.61 Å². The van der Waals surface area contributed by atoms with Crippen LogP contribution in [-0.2, 0) is 6.42 Å². The Hall–Kier alpha value is -1.06. The summed E-state index contributed by atoms with van der Waals surface area (Å²) in [5, 5.41) is 21.6. The summed E-state index contributed by atoms with van der Waals surface area (Å²) in [7, 11) is 0. The van der Waals surface area contributed by atoms with E-state index in [1.165, 1.54) is 5.56 Å². The average Bonchev–Trinajstić information content (AvgIpc) is 2.29. The van der Waals surface area contributed by atoms with Crippen molar-refractivity contribution in [2.45, 2.75) is 38.8 Å². The highest BCUT2D eigenvalue weighted by Crippen LogP contribution is 2.11. The molecule has 3 nitrogen and oxygen atoms in total. The Labute approximate surface area is 97.1 Å². The monoisotopic (exact) mass is 223 g/mol. The second kappa shape index (κ2) is 6.51. The zero-order chi connectivity index (χ0) is 12.0. The molecule has 1 rings (SSSR count). The van der Waals surface area contributed by atoms with Gasteiger partial charge in [0.2, 0.25) is 0 Å². The number of aliphatic hydroxyl groups is 1. The minimum Gasteiger partial charge on any atom is -0.508 e. The van der Waals surface area contributed by atoms with Gasteiger partial charge in [0, 0.05) is 12.1 Å². The second-order valence-corrected chi connectivity index (χ2v) is 4.23. The van der Waals surface area contributed by atoms with Gasteiger partial charge in [-0.2, -0.15) is 0 Å². The van der Waals surface area contributed by atoms with Crippen LogP contribution in [0.25, 0.3) is 0 Å². The molecule has 1 aromatic carbocycles. The van der Waals surface area contributed by atoms with E-state index in [9.17, 15) is 0 Å². The number of rotatable bonds is 6. The summed E-state index contributed by atoms with van der Waals surface area (Å²) in [5.41, 5.74) is 1.19. The fourth-order valence-electron chi connectivity index (χ4n) is 1.75. The van der Waals surface area contributed by atoms with E-state index in [1.54, 1.807) is 12.1 Å². The molecule has 0 fully saturated rings. The maximum atomic E-state index is 9.16. The van der Waals surface area contributed by atoms with E-state index in [4.69, 9.17) is 10.2 Å². The molecule has 0 saturated carbocycles. The van der Waals surface area contributed by atoms with Gasteiger partial charge in [0.1, 0.15) is 5.75 Å². The van der Waals surface area contributed by atoms with Crippen molar-refractivity contribution in [3.63, 3.8) is 0 Å². The van der Waals surface area contributed by atoms with Gasteiger partial charge in [0.15, 0.2) is 0 Å². The van der Waals surface area contributed by atoms with Crippen molar-refractivity contribution >= 4 is 0 Å². The largest absolute Gasteiger partial charge is 0.508 e. The Morgan fingerprint density at radius 3 is 2.38 bits per heavy atom. The van der Waals surface area contributed by atoms with Crippen molar-refractivity contribution in [3.8, 4) is 5.75 Å². The van der Waals surface area contributed by atoms with Crippen LogP contribution in [0.1, 0.15) is 25.8 Å². The molecule has 16 heavy (non-hydrogen) atoms. The average molecular weight is 223 g/mol. The van der Waals surface area contributed by atoms with Gasteiger partial charge >= 0.3 is 0 Å². The Balaban J connectivity index is 2.44. The number of aromatic hydroxyl groups is 1. The molecule has 2 unspecified atom stereocenters. The molecule has 90 valence electrons. The number of phenols is 1. The molecule has 0 amide bonds. The van der Waals surface area contributed by atoms with Crippen LogP contribution in [0.4, 0.5) is 0 Å². The summed E-state index contributed by atoms with van der Waals surface area (Å²) in [6.07, 6.45) is 1.83. The maximum Gasteiger partial charge on any atom is 0.115 e. The molecule has 0 aliphatic carbocycles. The summed E-state index contributed by atoms with van der Waals surface area (Å²) >= 11 is 0. The number of hydrogen-bond donors (Lipinski definition) is 3. The van der Waals surface area contributed by atoms with Crippen LogP contribution >= 0.6 is 0 Å². The van der Waals surface area contributed by atoms with Gasteiger partial charge in [-0.15, -0.1) is 0 Å². The van der Waals surface area contributed by atoms with Gasteiger partial charge in [0.25, 0.3) is 0 Å². The van der Waals surface area contributed by atoms with Crippen LogP contribution < -0.4 is 5.32 Å². The Morgan fingerprint density at radius 2 is 1.88 bits per heavy atom. The van der Waals surface area contributed by atoms with Crippen LogP contribution in [0, 0.1) is 0 Å². The van der Waals surface area contributed by atoms with Crippen molar-refractivity contribution < 1.29 is 10.2 Å². The van der Waals surface area contributed by atoms with Crippen molar-refractivity contribution in [1.29, 1.82) is 0 Å². The van der Waals surface area contributed by atoms with Gasteiger partial charge < -0.3 is 15.5 Å². The highest BCUT2D eigenvalue weighted by atomic mass is 16.3. The molecule has 0 aliphatic heterocycles. The van der Waals surface area contributed by atoms with E-state index in [-0.39, 0.29) is 12.6 Å². The molecular formula is C13H21NO2. The zero-order valence-electron chi connectivity index (χ0n) is 9.98. The van der Waals surface area contributed by atoms with Gasteiger partial charge in [-0.1, -0.05) is 19.1 Å². The Kier molecular flexibility index (Phi) is 5.29. The first-order valence-corrected chi connectivity index (χ1v) is 5.80. The molecule has 3 heteroatoms. The highest BCUT2D eigenvalue weighted by Gasteiger charge is 2.09. The third kappa shape index (κ3) is 4.21. The molecular weight excluding hydrogens is 202 g/mol. The second-order valence-electron chi connectivity index (χ2n) is 4.23. The summed E-state index contributed by atoms with van der Waals surface area (Å²) < 4.78 is 0. The zero-order valence-corrected chi connectivity index (χ0v) is 9.98. The molecule has 0 aliphatic rings. The van der Waals surface area contributed by atoms with E-state index in [2.05, 4.69) is 19.2 Å². The molecule has 0 aromatic heterocycles. The van der Waals surface area contributed by atoms with E-state index in [0.717, 1.165) is 12.8 Å². The summed E-state index contributed by atoms with van der Waals surface area (Å²) in [6.45, 7) is 4.34. The van der Waals surface area contributed by atoms with E-state index in [1.807, 2.05) is 12.1 Å². The fraction of sp³-hybridized carbons (Fsp3) is 0.538. The third-order valence-electron chi connectivity index (χ3n) is 2.71. The van der Waals surface area contributed by atoms with Crippen LogP contribution in [0.5, 0.6) is 5.75 Å². The number of aliphatic hydroxyl groups excluding tert-OH is 1. The summed E-state index contributed by atoms with van der Waals surface area (Å²) in [4.78, 5) is 0. The molecule has 0 spiro atoms. The Morgan fingerprint density at radius 1 is 1.25 bits per heavy atom. The van der Waals surface area contributed by atoms with Gasteiger partial charge in [-0.05, 0) is 37.5 Å². The van der Waals surface area contributed by atoms with Gasteiger partial charge in [-0.3, -0.25) is 0 Å². The molecule has 3 N–H and O–H groups in total. The van der Waals surface area contributed by atoms with Crippen LogP contribution in [0.3, 0.4) is 0 Å². The topological polar surface area (TPSA) is 52.5 Å². The minimum absolute atomic E-state index is 0.173. The number of nitrogens with one attached hydrogen (secondary N) is 1. The lowest BCUT2D eigenvalue weighted by Crippen LogP contribution is -2.39. The molecule has 0 heterocycles. The van der Waals surface area contributed by atoms with Crippen LogP contribution in [0.15, 0.2) is 24.3 Å². The lowest BCUT2D eigenvalue weighted by atomic mass is 10.1. The van der Waals surface area contributed by atoms with Gasteiger partial charge in [0.05, 0.1) is 6.61 Å². The van der Waals surface area contributed by atoms with Crippen molar-refractivity contribution in [3.05, 3.63) is 29.8 Å². The van der Waals surface area contributed by atoms with E-state index >= 15 is 0 Å². The third-order valence-corrected chi connectivity index (χ3v) is 2.71. The van der Waals surface area contributed by atoms with Crippen molar-refractivity contribution in [1.82, 2.24) is 5.32 Å². The van der Waals surface area contributed by atoms with Crippen LogP contribution in [-0.4, -0.2) is 28.9 Å². The minimum atomic E-state index is 0.173. The van der Waals surface area contributed by atoms with Crippen LogP contribution in [0.2, 0.25) is 0 Å². The quantitative estimate of drug-likeness (QED) is 0.688. The van der Waals surface area contributed by atoms with E-state index < -0.39 is 0 Å². The maximum absolute atomic E-state index is 9.16. The normalized spacial score (nSPS) is 14.7. The molecule has 0 radical (unpaired) electrons. The lowest BCUT2D eigenvalue weighted by Gasteiger charge is -2.20. The predicted molar refractivity (Wildman–Crippen MR) is 65.6 cm³/mol. The molecule has 0 bridgehead atoms. The fourth-order valence-corrected chi connectivity index (χ4v) is 1.75. The standard InChI is InChI=1S/C13H21NO2/c1-3-12(9-15)14-10(2)8-11-4-6-13(16)7-5-11/h4-7,10,12,14-16H,3,8-9H2,1-2H3. The summed E-state index contributed by atoms with van der Waals surface area (Å²) in [6, 6.07) is 7.74. The predicted octanol–water partition coefficient (Wildman–Crippen LogP) is 1.68. The lowest BCUT2D eigenvalue weighted by molar-refractivity contribution is 0.229. The first kappa shape index (κ1) is 13.0. The van der Waals surface area contributed by atoms with Gasteiger partial charge in [-0.25, -0.2) is 0 Å². The SMILES string of the molecule is CCC(CO)NC(C)Cc1ccc(O)cc1. The first-order valence-electron chi connectivity index (χ1n) is 5.80. The number of hydrogen-bond acceptors (Lipinski definition) is 3. The molecule has 2 atom stereocenters. The number of phenolic OH excluding ortho intramolecular Hbond substituents is 1. The summed E-state index contributed by atoms with van der Waals surface area (Å²) in [5.74, 6) is 0.297. The molecule has 1 aromatic rings. The molecule has 0 saturated heterocycles. The highest BCUT2D eigenvalue weighted by molar-refractivity contribution is 5.26. The van der Waals surface area contributed by atoms with Crippen molar-refractivity contribution in [2.24, 2.45) is 0 Å².